The van der Waals surface area contributed by atoms with E-state index < -0.39 is 11.9 Å². The van der Waals surface area contributed by atoms with Crippen molar-refractivity contribution < 1.29 is 13.2 Å². The molecule has 3 nitrogen and oxygen atoms in total. The average Bonchev–Trinajstić information content (AvgIpc) is 2.50. The molecule has 0 aromatic carbocycles. The van der Waals surface area contributed by atoms with Crippen LogP contribution >= 0.6 is 0 Å². The van der Waals surface area contributed by atoms with Crippen molar-refractivity contribution in [1.82, 2.24) is 9.55 Å². The number of imidazole rings is 1. The van der Waals surface area contributed by atoms with Crippen molar-refractivity contribution >= 4 is 0 Å². The molecule has 0 unspecified atom stereocenters. The van der Waals surface area contributed by atoms with Crippen LogP contribution < -0.4 is 5.73 Å². The summed E-state index contributed by atoms with van der Waals surface area (Å²) >= 11 is 0. The molecule has 0 radical (unpaired) electrons. The minimum atomic E-state index is -4.34. The highest BCUT2D eigenvalue weighted by Crippen LogP contribution is 2.29. The van der Waals surface area contributed by atoms with Gasteiger partial charge in [0.15, 0.2) is 5.69 Å². The van der Waals surface area contributed by atoms with E-state index in [9.17, 15) is 13.2 Å². The van der Waals surface area contributed by atoms with Crippen LogP contribution in [0.5, 0.6) is 0 Å². The number of hydrogen-bond acceptors (Lipinski definition) is 2. The Kier molecular flexibility index (Phi) is 4.80. The van der Waals surface area contributed by atoms with Gasteiger partial charge in [0, 0.05) is 12.2 Å². The maximum absolute atomic E-state index is 12.2. The third-order valence-electron chi connectivity index (χ3n) is 1.76. The van der Waals surface area contributed by atoms with E-state index in [1.54, 1.807) is 6.92 Å². The first-order valence-electron chi connectivity index (χ1n) is 4.52. The van der Waals surface area contributed by atoms with E-state index >= 15 is 0 Å². The van der Waals surface area contributed by atoms with Crippen LogP contribution in [0.1, 0.15) is 31.4 Å². The first-order valence-corrected chi connectivity index (χ1v) is 4.52. The fourth-order valence-corrected chi connectivity index (χ4v) is 1.15. The zero-order chi connectivity index (χ0) is 12.2. The molecule has 15 heavy (non-hydrogen) atoms. The first-order chi connectivity index (χ1) is 6.82. The number of aryl methyl sites for hydroxylation is 1. The van der Waals surface area contributed by atoms with E-state index in [1.807, 2.05) is 13.8 Å². The molecule has 0 aliphatic heterocycles. The Hall–Kier alpha value is -1.04. The molecule has 1 rings (SSSR count). The highest BCUT2D eigenvalue weighted by molar-refractivity contribution is 5.07. The van der Waals surface area contributed by atoms with Crippen molar-refractivity contribution in [2.45, 2.75) is 33.0 Å². The van der Waals surface area contributed by atoms with Gasteiger partial charge in [0.1, 0.15) is 5.82 Å². The Labute approximate surface area is 87.1 Å². The summed E-state index contributed by atoms with van der Waals surface area (Å²) in [5.74, 6) is 0.391. The Morgan fingerprint density at radius 1 is 1.33 bits per heavy atom. The third-order valence-corrected chi connectivity index (χ3v) is 1.76. The van der Waals surface area contributed by atoms with Crippen LogP contribution in [-0.4, -0.2) is 16.6 Å². The highest BCUT2D eigenvalue weighted by atomic mass is 19.4. The standard InChI is InChI=1S/C8H11F3N2.CH5N/c1-5(2)13-4-7(8(9,10)11)12-6(13)3;1-2/h4-5H,1-3H3;2H2,1H3. The first kappa shape index (κ1) is 14.0. The second-order valence-electron chi connectivity index (χ2n) is 3.17. The molecule has 0 atom stereocenters. The summed E-state index contributed by atoms with van der Waals surface area (Å²) in [6.07, 6.45) is -3.30. The predicted molar refractivity (Wildman–Crippen MR) is 52.5 cm³/mol. The van der Waals surface area contributed by atoms with Crippen LogP contribution in [0.25, 0.3) is 0 Å². The number of hydrogen-bond donors (Lipinski definition) is 1. The summed E-state index contributed by atoms with van der Waals surface area (Å²) in [5, 5.41) is 0. The molecule has 0 saturated carbocycles. The van der Waals surface area contributed by atoms with Gasteiger partial charge in [-0.1, -0.05) is 0 Å². The Morgan fingerprint density at radius 2 is 1.80 bits per heavy atom. The van der Waals surface area contributed by atoms with Gasteiger partial charge >= 0.3 is 6.18 Å². The van der Waals surface area contributed by atoms with Gasteiger partial charge in [-0.15, -0.1) is 0 Å². The molecule has 6 heteroatoms. The summed E-state index contributed by atoms with van der Waals surface area (Å²) in [6, 6.07) is 0.00333. The molecule has 0 aliphatic rings. The molecule has 1 aromatic heterocycles. The average molecular weight is 223 g/mol. The van der Waals surface area contributed by atoms with E-state index in [2.05, 4.69) is 10.7 Å². The SMILES string of the molecule is CN.Cc1nc(C(F)(F)F)cn1C(C)C. The lowest BCUT2D eigenvalue weighted by Gasteiger charge is -2.07. The molecular weight excluding hydrogens is 207 g/mol. The number of aromatic nitrogens is 2. The van der Waals surface area contributed by atoms with Gasteiger partial charge in [0.25, 0.3) is 0 Å². The van der Waals surface area contributed by atoms with E-state index in [0.29, 0.717) is 5.82 Å². The normalized spacial score (nSPS) is 11.3. The van der Waals surface area contributed by atoms with Crippen LogP contribution in [-0.2, 0) is 6.18 Å². The quantitative estimate of drug-likeness (QED) is 0.794. The van der Waals surface area contributed by atoms with Gasteiger partial charge in [-0.3, -0.25) is 0 Å². The number of nitrogens with two attached hydrogens (primary N) is 1. The molecule has 0 fully saturated rings. The van der Waals surface area contributed by atoms with Gasteiger partial charge in [0.2, 0.25) is 0 Å². The van der Waals surface area contributed by atoms with Gasteiger partial charge in [-0.25, -0.2) is 4.98 Å². The van der Waals surface area contributed by atoms with Crippen LogP contribution in [0.3, 0.4) is 0 Å². The lowest BCUT2D eigenvalue weighted by atomic mass is 10.4. The second kappa shape index (κ2) is 5.16. The summed E-state index contributed by atoms with van der Waals surface area (Å²) in [7, 11) is 1.50. The van der Waals surface area contributed by atoms with Crippen LogP contribution in [0.15, 0.2) is 6.20 Å². The van der Waals surface area contributed by atoms with Gasteiger partial charge in [-0.05, 0) is 27.8 Å². The summed E-state index contributed by atoms with van der Waals surface area (Å²) in [6.45, 7) is 5.19. The van der Waals surface area contributed by atoms with Gasteiger partial charge in [-0.2, -0.15) is 13.2 Å². The van der Waals surface area contributed by atoms with Crippen molar-refractivity contribution in [3.8, 4) is 0 Å². The minimum Gasteiger partial charge on any atom is -0.333 e. The van der Waals surface area contributed by atoms with Crippen LogP contribution in [0, 0.1) is 6.92 Å². The topological polar surface area (TPSA) is 43.8 Å². The van der Waals surface area contributed by atoms with Crippen LogP contribution in [0.4, 0.5) is 13.2 Å². The molecule has 0 amide bonds. The number of halogens is 3. The molecule has 0 saturated heterocycles. The maximum Gasteiger partial charge on any atom is 0.434 e. The van der Waals surface area contributed by atoms with Crippen molar-refractivity contribution in [3.05, 3.63) is 17.7 Å². The number of nitrogens with zero attached hydrogens (tertiary/aromatic N) is 2. The fraction of sp³-hybridized carbons (Fsp3) is 0.667. The lowest BCUT2D eigenvalue weighted by molar-refractivity contribution is -0.141. The van der Waals surface area contributed by atoms with E-state index in [1.165, 1.54) is 11.6 Å². The zero-order valence-corrected chi connectivity index (χ0v) is 9.26. The molecule has 1 heterocycles. The molecule has 1 aromatic rings. The Balaban J connectivity index is 0.000000921. The van der Waals surface area contributed by atoms with Crippen molar-refractivity contribution in [2.24, 2.45) is 5.73 Å². The van der Waals surface area contributed by atoms with Crippen molar-refractivity contribution in [2.75, 3.05) is 7.05 Å². The predicted octanol–water partition coefficient (Wildman–Crippen LogP) is 2.37. The zero-order valence-electron chi connectivity index (χ0n) is 9.26. The summed E-state index contributed by atoms with van der Waals surface area (Å²) in [4.78, 5) is 3.44. The van der Waals surface area contributed by atoms with Crippen LogP contribution in [0.2, 0.25) is 0 Å². The lowest BCUT2D eigenvalue weighted by Crippen LogP contribution is -2.05. The minimum absolute atomic E-state index is 0.00333. The smallest absolute Gasteiger partial charge is 0.333 e. The van der Waals surface area contributed by atoms with E-state index in [0.717, 1.165) is 6.20 Å². The Bertz CT molecular complexity index is 302. The number of rotatable bonds is 1. The number of alkyl halides is 3. The molecule has 2 N–H and O–H groups in total. The van der Waals surface area contributed by atoms with E-state index in [-0.39, 0.29) is 6.04 Å². The van der Waals surface area contributed by atoms with Gasteiger partial charge < -0.3 is 10.3 Å². The maximum atomic E-state index is 12.2. The van der Waals surface area contributed by atoms with Crippen molar-refractivity contribution in [1.29, 1.82) is 0 Å². The third kappa shape index (κ3) is 3.54. The Morgan fingerprint density at radius 3 is 2.00 bits per heavy atom. The van der Waals surface area contributed by atoms with Gasteiger partial charge in [0.05, 0.1) is 0 Å². The second-order valence-corrected chi connectivity index (χ2v) is 3.17. The molecule has 0 spiro atoms. The molecular formula is C9H16F3N3. The highest BCUT2D eigenvalue weighted by Gasteiger charge is 2.34. The fourth-order valence-electron chi connectivity index (χ4n) is 1.15. The largest absolute Gasteiger partial charge is 0.434 e. The monoisotopic (exact) mass is 223 g/mol. The van der Waals surface area contributed by atoms with E-state index in [4.69, 9.17) is 0 Å². The molecule has 88 valence electrons. The van der Waals surface area contributed by atoms with Crippen molar-refractivity contribution in [3.63, 3.8) is 0 Å². The molecule has 0 bridgehead atoms. The molecule has 0 aliphatic carbocycles. The summed E-state index contributed by atoms with van der Waals surface area (Å²) in [5.41, 5.74) is 3.68. The summed E-state index contributed by atoms with van der Waals surface area (Å²) < 4.78 is 38.0.